The highest BCUT2D eigenvalue weighted by Crippen LogP contribution is 2.25. The summed E-state index contributed by atoms with van der Waals surface area (Å²) in [6.45, 7) is 0. The molecule has 3 nitrogen and oxygen atoms in total. The molecule has 0 aliphatic carbocycles. The van der Waals surface area contributed by atoms with E-state index < -0.39 is 11.7 Å². The second-order valence-electron chi connectivity index (χ2n) is 4.34. The Morgan fingerprint density at radius 3 is 2.52 bits per heavy atom. The first kappa shape index (κ1) is 15.4. The zero-order valence-corrected chi connectivity index (χ0v) is 12.7. The van der Waals surface area contributed by atoms with E-state index in [1.807, 2.05) is 0 Å². The Labute approximate surface area is 132 Å². The third-order valence-corrected chi connectivity index (χ3v) is 3.55. The first-order chi connectivity index (χ1) is 9.93. The Bertz CT molecular complexity index is 700. The number of anilines is 1. The van der Waals surface area contributed by atoms with Crippen LogP contribution < -0.4 is 10.6 Å². The SMILES string of the molecule is CN(C(=O)c1c(F)cccc1Cl)c1ccccc1C(N)=S. The average molecular weight is 323 g/mol. The molecule has 0 unspecified atom stereocenters. The molecule has 6 heteroatoms. The van der Waals surface area contributed by atoms with Gasteiger partial charge in [0.15, 0.2) is 0 Å². The van der Waals surface area contributed by atoms with Crippen molar-refractivity contribution < 1.29 is 9.18 Å². The van der Waals surface area contributed by atoms with E-state index in [-0.39, 0.29) is 15.6 Å². The lowest BCUT2D eigenvalue weighted by Crippen LogP contribution is -2.29. The van der Waals surface area contributed by atoms with Gasteiger partial charge in [-0.05, 0) is 24.3 Å². The third-order valence-electron chi connectivity index (χ3n) is 3.01. The van der Waals surface area contributed by atoms with Crippen molar-refractivity contribution >= 4 is 40.4 Å². The topological polar surface area (TPSA) is 46.3 Å². The zero-order valence-electron chi connectivity index (χ0n) is 11.1. The summed E-state index contributed by atoms with van der Waals surface area (Å²) in [6, 6.07) is 11.0. The van der Waals surface area contributed by atoms with E-state index in [1.165, 1.54) is 30.1 Å². The van der Waals surface area contributed by atoms with Crippen LogP contribution >= 0.6 is 23.8 Å². The maximum Gasteiger partial charge on any atom is 0.262 e. The minimum Gasteiger partial charge on any atom is -0.389 e. The summed E-state index contributed by atoms with van der Waals surface area (Å²) in [6.07, 6.45) is 0. The van der Waals surface area contributed by atoms with Gasteiger partial charge in [-0.15, -0.1) is 0 Å². The normalized spacial score (nSPS) is 10.2. The van der Waals surface area contributed by atoms with Gasteiger partial charge in [-0.2, -0.15) is 0 Å². The van der Waals surface area contributed by atoms with Gasteiger partial charge in [-0.1, -0.05) is 42.0 Å². The number of para-hydroxylation sites is 1. The number of hydrogen-bond acceptors (Lipinski definition) is 2. The largest absolute Gasteiger partial charge is 0.389 e. The number of thiocarbonyl (C=S) groups is 1. The second kappa shape index (κ2) is 6.20. The Morgan fingerprint density at radius 2 is 1.90 bits per heavy atom. The summed E-state index contributed by atoms with van der Waals surface area (Å²) in [5, 5.41) is 0.0552. The van der Waals surface area contributed by atoms with E-state index in [0.29, 0.717) is 11.3 Å². The van der Waals surface area contributed by atoms with Crippen molar-refractivity contribution in [2.45, 2.75) is 0 Å². The van der Waals surface area contributed by atoms with E-state index in [1.54, 1.807) is 24.3 Å². The molecule has 0 aromatic heterocycles. The predicted molar refractivity (Wildman–Crippen MR) is 86.5 cm³/mol. The molecule has 0 heterocycles. The molecule has 0 aliphatic heterocycles. The minimum atomic E-state index is -0.674. The Morgan fingerprint density at radius 1 is 1.24 bits per heavy atom. The predicted octanol–water partition coefficient (Wildman–Crippen LogP) is 3.39. The van der Waals surface area contributed by atoms with Crippen molar-refractivity contribution in [1.82, 2.24) is 0 Å². The number of benzene rings is 2. The highest BCUT2D eigenvalue weighted by molar-refractivity contribution is 7.80. The van der Waals surface area contributed by atoms with Crippen LogP contribution in [0.2, 0.25) is 5.02 Å². The smallest absolute Gasteiger partial charge is 0.262 e. The summed E-state index contributed by atoms with van der Waals surface area (Å²) >= 11 is 10.9. The molecule has 108 valence electrons. The number of carbonyl (C=O) groups excluding carboxylic acids is 1. The molecule has 2 N–H and O–H groups in total. The fourth-order valence-electron chi connectivity index (χ4n) is 1.95. The van der Waals surface area contributed by atoms with Crippen molar-refractivity contribution in [2.24, 2.45) is 5.73 Å². The number of halogens is 2. The van der Waals surface area contributed by atoms with E-state index in [2.05, 4.69) is 0 Å². The Hall–Kier alpha value is -1.98. The first-order valence-corrected chi connectivity index (χ1v) is 6.83. The standard InChI is InChI=1S/C15H12ClFN2OS/c1-19(12-8-3-2-5-9(12)14(18)21)15(20)13-10(16)6-4-7-11(13)17/h2-8H,1H3,(H2,18,21). The van der Waals surface area contributed by atoms with Crippen molar-refractivity contribution in [3.05, 3.63) is 64.4 Å². The molecule has 0 saturated heterocycles. The van der Waals surface area contributed by atoms with Crippen molar-refractivity contribution in [3.63, 3.8) is 0 Å². The second-order valence-corrected chi connectivity index (χ2v) is 5.19. The lowest BCUT2D eigenvalue weighted by atomic mass is 10.1. The maximum absolute atomic E-state index is 13.9. The van der Waals surface area contributed by atoms with Crippen molar-refractivity contribution in [2.75, 3.05) is 11.9 Å². The van der Waals surface area contributed by atoms with Gasteiger partial charge in [0.25, 0.3) is 5.91 Å². The quantitative estimate of drug-likeness (QED) is 0.881. The van der Waals surface area contributed by atoms with E-state index >= 15 is 0 Å². The number of amides is 1. The van der Waals surface area contributed by atoms with Gasteiger partial charge < -0.3 is 10.6 Å². The molecule has 21 heavy (non-hydrogen) atoms. The van der Waals surface area contributed by atoms with Crippen LogP contribution in [-0.2, 0) is 0 Å². The molecule has 0 aliphatic rings. The lowest BCUT2D eigenvalue weighted by molar-refractivity contribution is 0.0989. The van der Waals surface area contributed by atoms with Gasteiger partial charge >= 0.3 is 0 Å². The van der Waals surface area contributed by atoms with Crippen LogP contribution in [0.25, 0.3) is 0 Å². The number of hydrogen-bond donors (Lipinski definition) is 1. The molecule has 0 bridgehead atoms. The van der Waals surface area contributed by atoms with Crippen LogP contribution in [0.3, 0.4) is 0 Å². The summed E-state index contributed by atoms with van der Waals surface area (Å²) in [5.74, 6) is -1.24. The van der Waals surface area contributed by atoms with Gasteiger partial charge in [0.1, 0.15) is 10.8 Å². The molecule has 0 atom stereocenters. The van der Waals surface area contributed by atoms with Gasteiger partial charge in [0.05, 0.1) is 16.3 Å². The minimum absolute atomic E-state index is 0.0552. The van der Waals surface area contributed by atoms with Crippen LogP contribution in [0.5, 0.6) is 0 Å². The molecule has 2 rings (SSSR count). The van der Waals surface area contributed by atoms with Crippen LogP contribution in [0, 0.1) is 5.82 Å². The lowest BCUT2D eigenvalue weighted by Gasteiger charge is -2.21. The maximum atomic E-state index is 13.9. The fourth-order valence-corrected chi connectivity index (χ4v) is 2.37. The van der Waals surface area contributed by atoms with Crippen molar-refractivity contribution in [1.29, 1.82) is 0 Å². The highest BCUT2D eigenvalue weighted by Gasteiger charge is 2.22. The van der Waals surface area contributed by atoms with Gasteiger partial charge in [-0.3, -0.25) is 4.79 Å². The van der Waals surface area contributed by atoms with Crippen LogP contribution in [-0.4, -0.2) is 17.9 Å². The third kappa shape index (κ3) is 3.04. The van der Waals surface area contributed by atoms with Crippen LogP contribution in [0.15, 0.2) is 42.5 Å². The number of nitrogens with zero attached hydrogens (tertiary/aromatic N) is 1. The Balaban J connectivity index is 2.48. The summed E-state index contributed by atoms with van der Waals surface area (Å²) in [7, 11) is 1.52. The van der Waals surface area contributed by atoms with E-state index in [9.17, 15) is 9.18 Å². The number of carbonyl (C=O) groups is 1. The average Bonchev–Trinajstić information content (AvgIpc) is 2.46. The van der Waals surface area contributed by atoms with Gasteiger partial charge in [0, 0.05) is 12.6 Å². The number of rotatable bonds is 3. The Kier molecular flexibility index (Phi) is 4.55. The van der Waals surface area contributed by atoms with Gasteiger partial charge in [0.2, 0.25) is 0 Å². The molecule has 0 fully saturated rings. The highest BCUT2D eigenvalue weighted by atomic mass is 35.5. The molecule has 0 spiro atoms. The van der Waals surface area contributed by atoms with Crippen LogP contribution in [0.1, 0.15) is 15.9 Å². The zero-order chi connectivity index (χ0) is 15.6. The van der Waals surface area contributed by atoms with Crippen LogP contribution in [0.4, 0.5) is 10.1 Å². The monoisotopic (exact) mass is 322 g/mol. The van der Waals surface area contributed by atoms with E-state index in [4.69, 9.17) is 29.6 Å². The molecule has 2 aromatic rings. The van der Waals surface area contributed by atoms with E-state index in [0.717, 1.165) is 0 Å². The molecule has 0 saturated carbocycles. The van der Waals surface area contributed by atoms with Gasteiger partial charge in [-0.25, -0.2) is 4.39 Å². The summed E-state index contributed by atoms with van der Waals surface area (Å²) in [4.78, 5) is 13.9. The van der Waals surface area contributed by atoms with Crippen molar-refractivity contribution in [3.8, 4) is 0 Å². The summed E-state index contributed by atoms with van der Waals surface area (Å²) in [5.41, 5.74) is 6.50. The fraction of sp³-hybridized carbons (Fsp3) is 0.0667. The molecular weight excluding hydrogens is 311 g/mol. The first-order valence-electron chi connectivity index (χ1n) is 6.04. The molecule has 0 radical (unpaired) electrons. The summed E-state index contributed by atoms with van der Waals surface area (Å²) < 4.78 is 13.9. The molecule has 2 aromatic carbocycles. The molecule has 1 amide bonds. The molecular formula is C15H12ClFN2OS. The number of nitrogens with two attached hydrogens (primary N) is 1.